The molecule has 0 N–H and O–H groups in total. The number of fused-ring (bicyclic) bond motifs is 1. The summed E-state index contributed by atoms with van der Waals surface area (Å²) < 4.78 is 28.8. The van der Waals surface area contributed by atoms with E-state index in [-0.39, 0.29) is 29.6 Å². The molecule has 1 aliphatic heterocycles. The molecule has 0 saturated heterocycles. The molecule has 0 saturated carbocycles. The highest BCUT2D eigenvalue weighted by Gasteiger charge is 2.22. The van der Waals surface area contributed by atoms with Crippen LogP contribution in [0.3, 0.4) is 0 Å². The summed E-state index contributed by atoms with van der Waals surface area (Å²) in [6.45, 7) is 2.22. The standard InChI is InChI=1S/C22H28N2O5S2/c1-23(11-4-13-29-18-5-3-6-19(15-18)31(2,27)28)21(25)7-8-22(26)24-12-9-20-17(16-24)10-14-30-20/h3,5-6,10,14-15H,4,7-9,11-13,16H2,1-2H3. The van der Waals surface area contributed by atoms with Crippen LogP contribution >= 0.6 is 11.3 Å². The van der Waals surface area contributed by atoms with Crippen molar-refractivity contribution in [2.24, 2.45) is 0 Å². The van der Waals surface area contributed by atoms with Gasteiger partial charge in [0.25, 0.3) is 0 Å². The second kappa shape index (κ2) is 10.3. The van der Waals surface area contributed by atoms with Crippen molar-refractivity contribution >= 4 is 33.0 Å². The molecule has 0 unspecified atom stereocenters. The smallest absolute Gasteiger partial charge is 0.223 e. The van der Waals surface area contributed by atoms with Gasteiger partial charge in [-0.3, -0.25) is 9.59 Å². The lowest BCUT2D eigenvalue weighted by molar-refractivity contribution is -0.137. The van der Waals surface area contributed by atoms with Crippen molar-refractivity contribution in [1.29, 1.82) is 0 Å². The predicted molar refractivity (Wildman–Crippen MR) is 120 cm³/mol. The van der Waals surface area contributed by atoms with Crippen molar-refractivity contribution < 1.29 is 22.7 Å². The molecule has 1 aromatic heterocycles. The normalized spacial score (nSPS) is 13.5. The number of nitrogens with zero attached hydrogens (tertiary/aromatic N) is 2. The zero-order valence-corrected chi connectivity index (χ0v) is 19.5. The maximum absolute atomic E-state index is 12.5. The summed E-state index contributed by atoms with van der Waals surface area (Å²) in [6.07, 6.45) is 3.06. The lowest BCUT2D eigenvalue weighted by atomic mass is 10.1. The molecule has 9 heteroatoms. The lowest BCUT2D eigenvalue weighted by Gasteiger charge is -2.27. The summed E-state index contributed by atoms with van der Waals surface area (Å²) in [4.78, 5) is 29.8. The van der Waals surface area contributed by atoms with E-state index in [1.807, 2.05) is 4.90 Å². The van der Waals surface area contributed by atoms with Gasteiger partial charge in [-0.1, -0.05) is 6.07 Å². The van der Waals surface area contributed by atoms with Gasteiger partial charge in [-0.15, -0.1) is 11.3 Å². The summed E-state index contributed by atoms with van der Waals surface area (Å²) in [6, 6.07) is 8.43. The number of thiophene rings is 1. The lowest BCUT2D eigenvalue weighted by Crippen LogP contribution is -2.36. The molecule has 31 heavy (non-hydrogen) atoms. The van der Waals surface area contributed by atoms with Crippen molar-refractivity contribution in [3.63, 3.8) is 0 Å². The third-order valence-electron chi connectivity index (χ3n) is 5.28. The van der Waals surface area contributed by atoms with E-state index in [0.29, 0.717) is 38.4 Å². The Balaban J connectivity index is 1.36. The largest absolute Gasteiger partial charge is 0.493 e. The molecule has 1 aromatic carbocycles. The fourth-order valence-corrected chi connectivity index (χ4v) is 4.98. The molecule has 0 aliphatic carbocycles. The summed E-state index contributed by atoms with van der Waals surface area (Å²) in [5, 5.41) is 2.06. The van der Waals surface area contributed by atoms with Gasteiger partial charge in [0, 0.05) is 50.7 Å². The average molecular weight is 465 g/mol. The summed E-state index contributed by atoms with van der Waals surface area (Å²) >= 11 is 1.74. The number of amides is 2. The van der Waals surface area contributed by atoms with Crippen LogP contribution < -0.4 is 4.74 Å². The van der Waals surface area contributed by atoms with Crippen LogP contribution in [-0.2, 0) is 32.4 Å². The zero-order chi connectivity index (χ0) is 22.4. The number of rotatable bonds is 9. The number of ether oxygens (including phenoxy) is 1. The number of benzene rings is 1. The second-order valence-corrected chi connectivity index (χ2v) is 10.7. The van der Waals surface area contributed by atoms with Crippen LogP contribution in [0.4, 0.5) is 0 Å². The van der Waals surface area contributed by atoms with Crippen molar-refractivity contribution in [2.75, 3.05) is 33.0 Å². The molecule has 7 nitrogen and oxygen atoms in total. The Kier molecular flexibility index (Phi) is 7.72. The molecule has 0 bridgehead atoms. The summed E-state index contributed by atoms with van der Waals surface area (Å²) in [5.74, 6) is 0.436. The van der Waals surface area contributed by atoms with E-state index in [0.717, 1.165) is 12.7 Å². The number of carbonyl (C=O) groups is 2. The van der Waals surface area contributed by atoms with E-state index < -0.39 is 9.84 Å². The minimum Gasteiger partial charge on any atom is -0.493 e. The van der Waals surface area contributed by atoms with Gasteiger partial charge in [0.1, 0.15) is 5.75 Å². The molecule has 0 radical (unpaired) electrons. The monoisotopic (exact) mass is 464 g/mol. The summed E-state index contributed by atoms with van der Waals surface area (Å²) in [5.41, 5.74) is 1.22. The first-order chi connectivity index (χ1) is 14.7. The number of sulfone groups is 1. The minimum absolute atomic E-state index is 0.0210. The summed E-state index contributed by atoms with van der Waals surface area (Å²) in [7, 11) is -1.56. The predicted octanol–water partition coefficient (Wildman–Crippen LogP) is 2.74. The van der Waals surface area contributed by atoms with Gasteiger partial charge in [0.15, 0.2) is 9.84 Å². The first-order valence-corrected chi connectivity index (χ1v) is 13.0. The molecule has 2 amide bonds. The third-order valence-corrected chi connectivity index (χ3v) is 7.41. The Bertz CT molecular complexity index is 1030. The van der Waals surface area contributed by atoms with Crippen LogP contribution in [0.25, 0.3) is 0 Å². The van der Waals surface area contributed by atoms with E-state index >= 15 is 0 Å². The highest BCUT2D eigenvalue weighted by molar-refractivity contribution is 7.90. The van der Waals surface area contributed by atoms with Gasteiger partial charge in [0.2, 0.25) is 11.8 Å². The van der Waals surface area contributed by atoms with Crippen LogP contribution in [0.5, 0.6) is 5.75 Å². The van der Waals surface area contributed by atoms with E-state index in [2.05, 4.69) is 11.4 Å². The van der Waals surface area contributed by atoms with E-state index in [1.165, 1.54) is 22.6 Å². The van der Waals surface area contributed by atoms with Gasteiger partial charge < -0.3 is 14.5 Å². The van der Waals surface area contributed by atoms with Crippen LogP contribution in [0.15, 0.2) is 40.6 Å². The fraction of sp³-hybridized carbons (Fsp3) is 0.455. The number of hydrogen-bond acceptors (Lipinski definition) is 6. The Morgan fingerprint density at radius 2 is 2.03 bits per heavy atom. The first kappa shape index (κ1) is 23.3. The zero-order valence-electron chi connectivity index (χ0n) is 17.9. The fourth-order valence-electron chi connectivity index (χ4n) is 3.44. The van der Waals surface area contributed by atoms with Crippen molar-refractivity contribution in [3.05, 3.63) is 46.2 Å². The molecule has 0 fully saturated rings. The van der Waals surface area contributed by atoms with Crippen LogP contribution in [0, 0.1) is 0 Å². The highest BCUT2D eigenvalue weighted by atomic mass is 32.2. The van der Waals surface area contributed by atoms with Crippen LogP contribution in [-0.4, -0.2) is 63.0 Å². The van der Waals surface area contributed by atoms with Crippen molar-refractivity contribution in [2.45, 2.75) is 37.1 Å². The van der Waals surface area contributed by atoms with Crippen LogP contribution in [0.2, 0.25) is 0 Å². The molecule has 168 valence electrons. The Hall–Kier alpha value is -2.39. The highest BCUT2D eigenvalue weighted by Crippen LogP contribution is 2.24. The van der Waals surface area contributed by atoms with Gasteiger partial charge in [0.05, 0.1) is 11.5 Å². The van der Waals surface area contributed by atoms with E-state index in [9.17, 15) is 18.0 Å². The third kappa shape index (κ3) is 6.54. The molecule has 0 atom stereocenters. The average Bonchev–Trinajstić information content (AvgIpc) is 3.22. The van der Waals surface area contributed by atoms with E-state index in [1.54, 1.807) is 35.4 Å². The van der Waals surface area contributed by atoms with Crippen molar-refractivity contribution in [1.82, 2.24) is 9.80 Å². The maximum atomic E-state index is 12.5. The van der Waals surface area contributed by atoms with Gasteiger partial charge in [-0.05, 0) is 48.1 Å². The topological polar surface area (TPSA) is 84.0 Å². The Morgan fingerprint density at radius 1 is 1.23 bits per heavy atom. The molecule has 2 aromatic rings. The number of carbonyl (C=O) groups excluding carboxylic acids is 2. The van der Waals surface area contributed by atoms with E-state index in [4.69, 9.17) is 4.74 Å². The molecule has 2 heterocycles. The van der Waals surface area contributed by atoms with Gasteiger partial charge in [-0.25, -0.2) is 8.42 Å². The van der Waals surface area contributed by atoms with Crippen molar-refractivity contribution in [3.8, 4) is 5.75 Å². The molecule has 3 rings (SSSR count). The molecular weight excluding hydrogens is 436 g/mol. The maximum Gasteiger partial charge on any atom is 0.223 e. The Labute approximate surface area is 187 Å². The number of hydrogen-bond donors (Lipinski definition) is 0. The van der Waals surface area contributed by atoms with Crippen LogP contribution in [0.1, 0.15) is 29.7 Å². The minimum atomic E-state index is -3.28. The molecular formula is C22H28N2O5S2. The second-order valence-electron chi connectivity index (χ2n) is 7.70. The first-order valence-electron chi connectivity index (χ1n) is 10.2. The Morgan fingerprint density at radius 3 is 2.81 bits per heavy atom. The quantitative estimate of drug-likeness (QED) is 0.533. The molecule has 0 spiro atoms. The van der Waals surface area contributed by atoms with Gasteiger partial charge >= 0.3 is 0 Å². The van der Waals surface area contributed by atoms with Gasteiger partial charge in [-0.2, -0.15) is 0 Å². The SMILES string of the molecule is CN(CCCOc1cccc(S(C)(=O)=O)c1)C(=O)CCC(=O)N1CCc2sccc2C1. The molecule has 1 aliphatic rings.